The quantitative estimate of drug-likeness (QED) is 0.666. The first-order valence-corrected chi connectivity index (χ1v) is 6.71. The summed E-state index contributed by atoms with van der Waals surface area (Å²) in [5.41, 5.74) is 6.30. The van der Waals surface area contributed by atoms with Crippen LogP contribution in [0.2, 0.25) is 0 Å². The molecule has 0 aromatic heterocycles. The number of benzene rings is 1. The van der Waals surface area contributed by atoms with E-state index in [1.54, 1.807) is 0 Å². The highest BCUT2D eigenvalue weighted by atomic mass is 16.4. The van der Waals surface area contributed by atoms with Gasteiger partial charge < -0.3 is 15.9 Å². The summed E-state index contributed by atoms with van der Waals surface area (Å²) in [5, 5.41) is 16.7. The smallest absolute Gasteiger partial charge is 0.320 e. The van der Waals surface area contributed by atoms with Gasteiger partial charge in [-0.15, -0.1) is 0 Å². The number of aliphatic carboxylic acids is 2. The van der Waals surface area contributed by atoms with E-state index in [4.69, 9.17) is 15.9 Å². The lowest BCUT2D eigenvalue weighted by atomic mass is 10.1. The number of hydrogen-bond acceptors (Lipinski definition) is 3. The second kappa shape index (κ2) is 11.0. The van der Waals surface area contributed by atoms with Crippen LogP contribution in [0.15, 0.2) is 30.3 Å². The van der Waals surface area contributed by atoms with Crippen molar-refractivity contribution in [2.24, 2.45) is 5.73 Å². The summed E-state index contributed by atoms with van der Waals surface area (Å²) < 4.78 is 0. The summed E-state index contributed by atoms with van der Waals surface area (Å²) >= 11 is 0. The van der Waals surface area contributed by atoms with Crippen molar-refractivity contribution in [1.29, 1.82) is 0 Å². The van der Waals surface area contributed by atoms with Crippen LogP contribution >= 0.6 is 0 Å². The van der Waals surface area contributed by atoms with Gasteiger partial charge in [-0.2, -0.15) is 0 Å². The Kier molecular flexibility index (Phi) is 9.96. The molecule has 0 spiro atoms. The van der Waals surface area contributed by atoms with Crippen molar-refractivity contribution >= 4 is 11.9 Å². The molecule has 0 saturated carbocycles. The minimum absolute atomic E-state index is 0.327. The van der Waals surface area contributed by atoms with E-state index < -0.39 is 18.0 Å². The number of nitrogens with two attached hydrogens (primary N) is 1. The molecule has 1 rings (SSSR count). The lowest BCUT2D eigenvalue weighted by molar-refractivity contribution is -0.139. The Labute approximate surface area is 119 Å². The molecule has 0 heterocycles. The molecule has 4 N–H and O–H groups in total. The van der Waals surface area contributed by atoms with Crippen LogP contribution in [-0.4, -0.2) is 28.2 Å². The zero-order valence-corrected chi connectivity index (χ0v) is 11.8. The molecule has 0 saturated heterocycles. The third-order valence-electron chi connectivity index (χ3n) is 2.61. The average molecular weight is 281 g/mol. The highest BCUT2D eigenvalue weighted by Gasteiger charge is 2.10. The number of carboxylic acids is 2. The Morgan fingerprint density at radius 1 is 1.15 bits per heavy atom. The number of unbranched alkanes of at least 4 members (excludes halogenated alkanes) is 2. The molecule has 0 aliphatic heterocycles. The summed E-state index contributed by atoms with van der Waals surface area (Å²) in [6.45, 7) is 2.06. The molecule has 0 aliphatic rings. The van der Waals surface area contributed by atoms with Gasteiger partial charge >= 0.3 is 11.9 Å². The maximum absolute atomic E-state index is 10.4. The van der Waals surface area contributed by atoms with Gasteiger partial charge in [-0.05, 0) is 18.4 Å². The summed E-state index contributed by atoms with van der Waals surface area (Å²) in [6, 6.07) is 8.54. The van der Waals surface area contributed by atoms with Crippen LogP contribution in [0.3, 0.4) is 0 Å². The molecule has 1 aromatic carbocycles. The van der Waals surface area contributed by atoms with Gasteiger partial charge in [-0.3, -0.25) is 9.59 Å². The van der Waals surface area contributed by atoms with Crippen LogP contribution in [0.25, 0.3) is 0 Å². The van der Waals surface area contributed by atoms with E-state index in [2.05, 4.69) is 6.92 Å². The van der Waals surface area contributed by atoms with Crippen LogP contribution in [0.1, 0.15) is 38.2 Å². The Hall–Kier alpha value is -1.88. The van der Waals surface area contributed by atoms with Crippen molar-refractivity contribution < 1.29 is 19.8 Å². The standard InChI is InChI=1S/C9H11NO2.C6H12O2/c10-8(9(11)12)6-7-4-2-1-3-5-7;1-2-3-4-5-6(7)8/h1-5,8H,6,10H2,(H,11,12);2-5H2,1H3,(H,7,8)/t8-;/m0./s1. The average Bonchev–Trinajstić information content (AvgIpc) is 2.40. The second-order valence-corrected chi connectivity index (χ2v) is 4.49. The van der Waals surface area contributed by atoms with Gasteiger partial charge in [-0.25, -0.2) is 0 Å². The second-order valence-electron chi connectivity index (χ2n) is 4.49. The topological polar surface area (TPSA) is 101 Å². The predicted octanol–water partition coefficient (Wildman–Crippen LogP) is 2.29. The molecule has 5 heteroatoms. The van der Waals surface area contributed by atoms with Crippen molar-refractivity contribution in [2.75, 3.05) is 0 Å². The van der Waals surface area contributed by atoms with Crippen LogP contribution in [0.4, 0.5) is 0 Å². The fraction of sp³-hybridized carbons (Fsp3) is 0.467. The molecule has 0 bridgehead atoms. The molecule has 0 aliphatic carbocycles. The van der Waals surface area contributed by atoms with E-state index in [1.165, 1.54) is 0 Å². The summed E-state index contributed by atoms with van der Waals surface area (Å²) in [6.07, 6.45) is 3.66. The number of carbonyl (C=O) groups is 2. The molecular weight excluding hydrogens is 258 g/mol. The van der Waals surface area contributed by atoms with Gasteiger partial charge in [0.2, 0.25) is 0 Å². The van der Waals surface area contributed by atoms with Gasteiger partial charge in [0.1, 0.15) is 6.04 Å². The third-order valence-corrected chi connectivity index (χ3v) is 2.61. The maximum atomic E-state index is 10.4. The zero-order valence-electron chi connectivity index (χ0n) is 11.8. The maximum Gasteiger partial charge on any atom is 0.320 e. The van der Waals surface area contributed by atoms with Gasteiger partial charge in [-0.1, -0.05) is 50.1 Å². The third kappa shape index (κ3) is 10.1. The first-order chi connectivity index (χ1) is 9.47. The zero-order chi connectivity index (χ0) is 15.4. The molecule has 0 amide bonds. The van der Waals surface area contributed by atoms with Crippen molar-refractivity contribution in [1.82, 2.24) is 0 Å². The first kappa shape index (κ1) is 18.1. The summed E-state index contributed by atoms with van der Waals surface area (Å²) in [7, 11) is 0. The molecule has 5 nitrogen and oxygen atoms in total. The molecule has 0 fully saturated rings. The van der Waals surface area contributed by atoms with E-state index in [0.717, 1.165) is 24.8 Å². The summed E-state index contributed by atoms with van der Waals surface area (Å²) in [5.74, 6) is -1.64. The Bertz CT molecular complexity index is 392. The van der Waals surface area contributed by atoms with E-state index in [9.17, 15) is 9.59 Å². The van der Waals surface area contributed by atoms with Gasteiger partial charge in [0, 0.05) is 6.42 Å². The van der Waals surface area contributed by atoms with Crippen LogP contribution in [0.5, 0.6) is 0 Å². The van der Waals surface area contributed by atoms with Gasteiger partial charge in [0.05, 0.1) is 0 Å². The lowest BCUT2D eigenvalue weighted by Gasteiger charge is -2.04. The molecule has 0 radical (unpaired) electrons. The molecule has 0 unspecified atom stereocenters. The number of rotatable bonds is 7. The highest BCUT2D eigenvalue weighted by molar-refractivity contribution is 5.73. The Balaban J connectivity index is 0.000000396. The fourth-order valence-corrected chi connectivity index (χ4v) is 1.48. The molecule has 1 aromatic rings. The normalized spacial score (nSPS) is 11.1. The van der Waals surface area contributed by atoms with E-state index in [0.29, 0.717) is 12.8 Å². The highest BCUT2D eigenvalue weighted by Crippen LogP contribution is 2.01. The van der Waals surface area contributed by atoms with E-state index in [-0.39, 0.29) is 0 Å². The number of hydrogen-bond donors (Lipinski definition) is 3. The molecular formula is C15H23NO4. The van der Waals surface area contributed by atoms with Crippen LogP contribution in [-0.2, 0) is 16.0 Å². The molecule has 20 heavy (non-hydrogen) atoms. The van der Waals surface area contributed by atoms with Crippen molar-refractivity contribution in [3.05, 3.63) is 35.9 Å². The Morgan fingerprint density at radius 2 is 1.75 bits per heavy atom. The number of carboxylic acid groups (broad SMARTS) is 2. The SMILES string of the molecule is CCCCCC(=O)O.N[C@@H](Cc1ccccc1)C(=O)O. The van der Waals surface area contributed by atoms with E-state index in [1.807, 2.05) is 30.3 Å². The Morgan fingerprint density at radius 3 is 2.20 bits per heavy atom. The van der Waals surface area contributed by atoms with Gasteiger partial charge in [0.25, 0.3) is 0 Å². The van der Waals surface area contributed by atoms with Crippen LogP contribution < -0.4 is 5.73 Å². The molecule has 1 atom stereocenters. The van der Waals surface area contributed by atoms with Crippen molar-refractivity contribution in [3.8, 4) is 0 Å². The fourth-order valence-electron chi connectivity index (χ4n) is 1.48. The predicted molar refractivity (Wildman–Crippen MR) is 77.5 cm³/mol. The van der Waals surface area contributed by atoms with Crippen LogP contribution in [0, 0.1) is 0 Å². The summed E-state index contributed by atoms with van der Waals surface area (Å²) in [4.78, 5) is 20.3. The lowest BCUT2D eigenvalue weighted by Crippen LogP contribution is -2.32. The first-order valence-electron chi connectivity index (χ1n) is 6.71. The largest absolute Gasteiger partial charge is 0.481 e. The van der Waals surface area contributed by atoms with Crippen molar-refractivity contribution in [3.63, 3.8) is 0 Å². The van der Waals surface area contributed by atoms with Crippen molar-refractivity contribution in [2.45, 2.75) is 45.1 Å². The molecule has 112 valence electrons. The minimum Gasteiger partial charge on any atom is -0.481 e. The monoisotopic (exact) mass is 281 g/mol. The van der Waals surface area contributed by atoms with Gasteiger partial charge in [0.15, 0.2) is 0 Å². The van der Waals surface area contributed by atoms with E-state index >= 15 is 0 Å². The minimum atomic E-state index is -0.959.